The molecule has 1 heterocycles. The molecule has 0 aromatic heterocycles. The number of likely N-dealkylation sites (N-methyl/N-ethyl adjacent to an activating group) is 1. The van der Waals surface area contributed by atoms with Gasteiger partial charge in [-0.05, 0) is 26.0 Å². The normalized spacial score (nSPS) is 14.7. The molecule has 1 aliphatic heterocycles. The van der Waals surface area contributed by atoms with Gasteiger partial charge < -0.3 is 10.6 Å². The Morgan fingerprint density at radius 1 is 1.43 bits per heavy atom. The first-order valence-corrected chi connectivity index (χ1v) is 7.43. The van der Waals surface area contributed by atoms with Crippen molar-refractivity contribution in [2.45, 2.75) is 19.4 Å². The van der Waals surface area contributed by atoms with Crippen LogP contribution in [0.3, 0.4) is 0 Å². The Bertz CT molecular complexity index is 544. The predicted molar refractivity (Wildman–Crippen MR) is 84.4 cm³/mol. The monoisotopic (exact) mass is 309 g/mol. The average Bonchev–Trinajstić information content (AvgIpc) is 2.94. The van der Waals surface area contributed by atoms with Crippen molar-refractivity contribution in [2.75, 3.05) is 26.7 Å². The maximum absolute atomic E-state index is 14.2. The second-order valence-electron chi connectivity index (χ2n) is 5.40. The summed E-state index contributed by atoms with van der Waals surface area (Å²) in [5.41, 5.74) is 6.24. The van der Waals surface area contributed by atoms with Gasteiger partial charge in [0.2, 0.25) is 5.91 Å². The number of thiocarbonyl (C=S) groups is 1. The molecule has 0 saturated carbocycles. The van der Waals surface area contributed by atoms with Gasteiger partial charge >= 0.3 is 0 Å². The first kappa shape index (κ1) is 15.9. The Kier molecular flexibility index (Phi) is 5.25. The summed E-state index contributed by atoms with van der Waals surface area (Å²) in [7, 11) is 1.81. The lowest BCUT2D eigenvalue weighted by atomic mass is 10.1. The molecule has 2 rings (SSSR count). The SMILES string of the molecule is CN(CC(=O)N1CCCC1)Cc1cccc(C(N)=S)c1F. The van der Waals surface area contributed by atoms with Crippen molar-refractivity contribution >= 4 is 23.1 Å². The summed E-state index contributed by atoms with van der Waals surface area (Å²) in [5, 5.41) is 0. The number of halogens is 1. The van der Waals surface area contributed by atoms with Gasteiger partial charge in [-0.25, -0.2) is 4.39 Å². The van der Waals surface area contributed by atoms with Gasteiger partial charge in [0, 0.05) is 30.8 Å². The average molecular weight is 309 g/mol. The van der Waals surface area contributed by atoms with E-state index in [1.54, 1.807) is 25.2 Å². The number of nitrogens with two attached hydrogens (primary N) is 1. The molecule has 1 fully saturated rings. The Balaban J connectivity index is 1.99. The van der Waals surface area contributed by atoms with E-state index in [1.165, 1.54) is 0 Å². The largest absolute Gasteiger partial charge is 0.389 e. The fourth-order valence-corrected chi connectivity index (χ4v) is 2.69. The molecule has 0 unspecified atom stereocenters. The zero-order valence-corrected chi connectivity index (χ0v) is 13.0. The molecule has 1 amide bonds. The van der Waals surface area contributed by atoms with Gasteiger partial charge in [-0.2, -0.15) is 0 Å². The zero-order chi connectivity index (χ0) is 15.4. The predicted octanol–water partition coefficient (Wildman–Crippen LogP) is 1.51. The third-order valence-electron chi connectivity index (χ3n) is 3.65. The molecule has 114 valence electrons. The molecular formula is C15H20FN3OS. The van der Waals surface area contributed by atoms with Crippen LogP contribution in [0.5, 0.6) is 0 Å². The van der Waals surface area contributed by atoms with Crippen LogP contribution in [0.25, 0.3) is 0 Å². The molecule has 4 nitrogen and oxygen atoms in total. The van der Waals surface area contributed by atoms with Crippen molar-refractivity contribution in [1.29, 1.82) is 0 Å². The van der Waals surface area contributed by atoms with E-state index >= 15 is 0 Å². The number of hydrogen-bond acceptors (Lipinski definition) is 3. The number of hydrogen-bond donors (Lipinski definition) is 1. The highest BCUT2D eigenvalue weighted by Crippen LogP contribution is 2.15. The minimum atomic E-state index is -0.398. The van der Waals surface area contributed by atoms with Gasteiger partial charge in [0.05, 0.1) is 6.54 Å². The summed E-state index contributed by atoms with van der Waals surface area (Å²) in [6.45, 7) is 2.30. The quantitative estimate of drug-likeness (QED) is 0.838. The van der Waals surface area contributed by atoms with E-state index in [1.807, 2.05) is 9.80 Å². The summed E-state index contributed by atoms with van der Waals surface area (Å²) in [6, 6.07) is 4.98. The fraction of sp³-hybridized carbons (Fsp3) is 0.467. The van der Waals surface area contributed by atoms with Crippen LogP contribution in [0.1, 0.15) is 24.0 Å². The van der Waals surface area contributed by atoms with Crippen molar-refractivity contribution in [3.63, 3.8) is 0 Å². The van der Waals surface area contributed by atoms with E-state index in [2.05, 4.69) is 0 Å². The molecule has 1 aliphatic rings. The molecule has 0 aliphatic carbocycles. The summed E-state index contributed by atoms with van der Waals surface area (Å²) in [6.07, 6.45) is 2.14. The number of benzene rings is 1. The van der Waals surface area contributed by atoms with Crippen LogP contribution in [-0.4, -0.2) is 47.4 Å². The summed E-state index contributed by atoms with van der Waals surface area (Å²) < 4.78 is 14.2. The summed E-state index contributed by atoms with van der Waals surface area (Å²) in [4.78, 5) is 15.8. The van der Waals surface area contributed by atoms with Crippen molar-refractivity contribution in [1.82, 2.24) is 9.80 Å². The molecule has 2 N–H and O–H groups in total. The molecular weight excluding hydrogens is 289 g/mol. The molecule has 1 aromatic carbocycles. The third kappa shape index (κ3) is 3.98. The fourth-order valence-electron chi connectivity index (χ4n) is 2.54. The van der Waals surface area contributed by atoms with Gasteiger partial charge in [-0.1, -0.05) is 24.4 Å². The molecule has 0 bridgehead atoms. The van der Waals surface area contributed by atoms with Crippen molar-refractivity contribution in [3.05, 3.63) is 35.1 Å². The van der Waals surface area contributed by atoms with E-state index < -0.39 is 5.82 Å². The van der Waals surface area contributed by atoms with E-state index in [0.29, 0.717) is 12.1 Å². The van der Waals surface area contributed by atoms with Crippen LogP contribution in [0, 0.1) is 5.82 Å². The zero-order valence-electron chi connectivity index (χ0n) is 12.1. The van der Waals surface area contributed by atoms with Crippen molar-refractivity contribution in [2.24, 2.45) is 5.73 Å². The van der Waals surface area contributed by atoms with E-state index in [0.717, 1.165) is 25.9 Å². The van der Waals surface area contributed by atoms with Gasteiger partial charge in [0.15, 0.2) is 0 Å². The Labute approximate surface area is 129 Å². The van der Waals surface area contributed by atoms with Gasteiger partial charge in [-0.3, -0.25) is 9.69 Å². The minimum absolute atomic E-state index is 0.0464. The summed E-state index contributed by atoms with van der Waals surface area (Å²) >= 11 is 4.83. The number of nitrogens with zero attached hydrogens (tertiary/aromatic N) is 2. The summed E-state index contributed by atoms with van der Waals surface area (Å²) in [5.74, 6) is -0.300. The lowest BCUT2D eigenvalue weighted by molar-refractivity contribution is -0.131. The maximum atomic E-state index is 14.2. The highest BCUT2D eigenvalue weighted by molar-refractivity contribution is 7.80. The van der Waals surface area contributed by atoms with E-state index in [9.17, 15) is 9.18 Å². The first-order chi connectivity index (χ1) is 9.99. The van der Waals surface area contributed by atoms with Crippen molar-refractivity contribution < 1.29 is 9.18 Å². The standard InChI is InChI=1S/C15H20FN3OS/c1-18(10-13(20)19-7-2-3-8-19)9-11-5-4-6-12(14(11)16)15(17)21/h4-6H,2-3,7-10H2,1H3,(H2,17,21). The molecule has 6 heteroatoms. The number of carbonyl (C=O) groups is 1. The highest BCUT2D eigenvalue weighted by Gasteiger charge is 2.20. The van der Waals surface area contributed by atoms with Gasteiger partial charge in [0.25, 0.3) is 0 Å². The third-order valence-corrected chi connectivity index (χ3v) is 3.87. The molecule has 21 heavy (non-hydrogen) atoms. The topological polar surface area (TPSA) is 49.6 Å². The number of carbonyl (C=O) groups excluding carboxylic acids is 1. The number of rotatable bonds is 5. The van der Waals surface area contributed by atoms with E-state index in [4.69, 9.17) is 18.0 Å². The minimum Gasteiger partial charge on any atom is -0.389 e. The van der Waals surface area contributed by atoms with Crippen LogP contribution in [0.15, 0.2) is 18.2 Å². The van der Waals surface area contributed by atoms with Gasteiger partial charge in [-0.15, -0.1) is 0 Å². The highest BCUT2D eigenvalue weighted by atomic mass is 32.1. The lowest BCUT2D eigenvalue weighted by Gasteiger charge is -2.21. The molecule has 0 atom stereocenters. The van der Waals surface area contributed by atoms with Crippen LogP contribution in [0.2, 0.25) is 0 Å². The van der Waals surface area contributed by atoms with Crippen LogP contribution < -0.4 is 5.73 Å². The Morgan fingerprint density at radius 3 is 2.71 bits per heavy atom. The Hall–Kier alpha value is -1.53. The second-order valence-corrected chi connectivity index (χ2v) is 5.84. The van der Waals surface area contributed by atoms with Crippen molar-refractivity contribution in [3.8, 4) is 0 Å². The second kappa shape index (κ2) is 6.95. The smallest absolute Gasteiger partial charge is 0.236 e. The molecule has 0 radical (unpaired) electrons. The van der Waals surface area contributed by atoms with Crippen LogP contribution in [-0.2, 0) is 11.3 Å². The Morgan fingerprint density at radius 2 is 2.10 bits per heavy atom. The lowest BCUT2D eigenvalue weighted by Crippen LogP contribution is -2.37. The van der Waals surface area contributed by atoms with Crippen LogP contribution in [0.4, 0.5) is 4.39 Å². The number of amides is 1. The molecule has 1 aromatic rings. The van der Waals surface area contributed by atoms with E-state index in [-0.39, 0.29) is 23.0 Å². The molecule has 0 spiro atoms. The molecule has 1 saturated heterocycles. The first-order valence-electron chi connectivity index (χ1n) is 7.02. The maximum Gasteiger partial charge on any atom is 0.236 e. The number of likely N-dealkylation sites (tertiary alicyclic amines) is 1. The van der Waals surface area contributed by atoms with Gasteiger partial charge in [0.1, 0.15) is 10.8 Å². The van der Waals surface area contributed by atoms with Crippen LogP contribution >= 0.6 is 12.2 Å².